The predicted octanol–water partition coefficient (Wildman–Crippen LogP) is 3.39. The molecule has 160 valence electrons. The maximum absolute atomic E-state index is 13.3. The van der Waals surface area contributed by atoms with Gasteiger partial charge in [-0.3, -0.25) is 14.6 Å². The fourth-order valence-electron chi connectivity index (χ4n) is 4.74. The average molecular weight is 420 g/mol. The van der Waals surface area contributed by atoms with Crippen LogP contribution in [-0.2, 0) is 9.59 Å². The van der Waals surface area contributed by atoms with Gasteiger partial charge in [-0.2, -0.15) is 0 Å². The highest BCUT2D eigenvalue weighted by Crippen LogP contribution is 2.37. The van der Waals surface area contributed by atoms with Crippen LogP contribution in [0, 0.1) is 11.7 Å². The van der Waals surface area contributed by atoms with Gasteiger partial charge in [-0.1, -0.05) is 12.1 Å². The number of nitrogens with zero attached hydrogens (tertiary/aromatic N) is 4. The number of hydrogen-bond donors (Lipinski definition) is 0. The molecule has 0 radical (unpaired) electrons. The summed E-state index contributed by atoms with van der Waals surface area (Å²) in [5, 5.41) is 0. The molecule has 3 aliphatic rings. The molecule has 1 saturated heterocycles. The van der Waals surface area contributed by atoms with Gasteiger partial charge in [0.05, 0.1) is 17.3 Å². The molecule has 0 spiro atoms. The SMILES string of the molecule is O=C(CN1C(=O)[C@@H]2CCCC2=Nc2ccccc21)N1CCN(c2ccc(F)cc2)CC1. The second-order valence-corrected chi connectivity index (χ2v) is 8.31. The molecule has 2 amide bonds. The Morgan fingerprint density at radius 1 is 1.03 bits per heavy atom. The number of carbonyl (C=O) groups is 2. The number of benzene rings is 2. The van der Waals surface area contributed by atoms with Crippen LogP contribution in [0.25, 0.3) is 0 Å². The molecule has 6 nitrogen and oxygen atoms in total. The molecule has 2 aromatic rings. The van der Waals surface area contributed by atoms with Crippen molar-refractivity contribution in [3.05, 3.63) is 54.3 Å². The lowest BCUT2D eigenvalue weighted by Gasteiger charge is -2.37. The summed E-state index contributed by atoms with van der Waals surface area (Å²) < 4.78 is 13.2. The molecule has 5 rings (SSSR count). The Morgan fingerprint density at radius 2 is 1.77 bits per heavy atom. The van der Waals surface area contributed by atoms with E-state index in [1.165, 1.54) is 12.1 Å². The second kappa shape index (κ2) is 8.13. The molecular formula is C24H25FN4O2. The molecule has 0 bridgehead atoms. The van der Waals surface area contributed by atoms with Gasteiger partial charge in [-0.25, -0.2) is 4.39 Å². The van der Waals surface area contributed by atoms with Gasteiger partial charge in [0.1, 0.15) is 12.4 Å². The van der Waals surface area contributed by atoms with Crippen molar-refractivity contribution >= 4 is 34.6 Å². The first-order chi connectivity index (χ1) is 15.1. The van der Waals surface area contributed by atoms with E-state index in [-0.39, 0.29) is 30.1 Å². The zero-order valence-electron chi connectivity index (χ0n) is 17.3. The summed E-state index contributed by atoms with van der Waals surface area (Å²) >= 11 is 0. The summed E-state index contributed by atoms with van der Waals surface area (Å²) in [5.74, 6) is -0.535. The van der Waals surface area contributed by atoms with E-state index in [9.17, 15) is 14.0 Å². The van der Waals surface area contributed by atoms with Crippen molar-refractivity contribution in [3.63, 3.8) is 0 Å². The fourth-order valence-corrected chi connectivity index (χ4v) is 4.74. The Kier molecular flexibility index (Phi) is 5.18. The summed E-state index contributed by atoms with van der Waals surface area (Å²) in [5.41, 5.74) is 3.38. The van der Waals surface area contributed by atoms with Gasteiger partial charge in [0.25, 0.3) is 0 Å². The van der Waals surface area contributed by atoms with Gasteiger partial charge in [-0.15, -0.1) is 0 Å². The number of amides is 2. The molecular weight excluding hydrogens is 395 g/mol. The van der Waals surface area contributed by atoms with Crippen LogP contribution in [0.4, 0.5) is 21.5 Å². The molecule has 0 aromatic heterocycles. The van der Waals surface area contributed by atoms with Crippen LogP contribution in [0.15, 0.2) is 53.5 Å². The van der Waals surface area contributed by atoms with Crippen molar-refractivity contribution in [2.75, 3.05) is 42.5 Å². The van der Waals surface area contributed by atoms with Gasteiger partial charge < -0.3 is 14.7 Å². The van der Waals surface area contributed by atoms with Crippen molar-refractivity contribution in [2.24, 2.45) is 10.9 Å². The normalized spacial score (nSPS) is 20.8. The zero-order valence-corrected chi connectivity index (χ0v) is 17.3. The van der Waals surface area contributed by atoms with E-state index < -0.39 is 0 Å². The van der Waals surface area contributed by atoms with Crippen LogP contribution in [-0.4, -0.2) is 55.1 Å². The smallest absolute Gasteiger partial charge is 0.242 e. The quantitative estimate of drug-likeness (QED) is 0.765. The first kappa shape index (κ1) is 19.7. The fraction of sp³-hybridized carbons (Fsp3) is 0.375. The number of aliphatic imine (C=N–C) groups is 1. The molecule has 2 heterocycles. The van der Waals surface area contributed by atoms with Gasteiger partial charge in [-0.05, 0) is 55.7 Å². The molecule has 2 fully saturated rings. The first-order valence-electron chi connectivity index (χ1n) is 10.9. The van der Waals surface area contributed by atoms with Crippen molar-refractivity contribution in [1.29, 1.82) is 0 Å². The van der Waals surface area contributed by atoms with Crippen LogP contribution in [0.2, 0.25) is 0 Å². The molecule has 0 N–H and O–H groups in total. The average Bonchev–Trinajstić information content (AvgIpc) is 3.22. The van der Waals surface area contributed by atoms with Crippen LogP contribution >= 0.6 is 0 Å². The van der Waals surface area contributed by atoms with Crippen LogP contribution < -0.4 is 9.80 Å². The summed E-state index contributed by atoms with van der Waals surface area (Å²) in [4.78, 5) is 36.8. The van der Waals surface area contributed by atoms with Gasteiger partial charge >= 0.3 is 0 Å². The Balaban J connectivity index is 1.29. The lowest BCUT2D eigenvalue weighted by molar-refractivity contribution is -0.132. The third kappa shape index (κ3) is 3.80. The first-order valence-corrected chi connectivity index (χ1v) is 10.9. The van der Waals surface area contributed by atoms with E-state index >= 15 is 0 Å². The van der Waals surface area contributed by atoms with Gasteiger partial charge in [0, 0.05) is 37.6 Å². The molecule has 31 heavy (non-hydrogen) atoms. The van der Waals surface area contributed by atoms with Crippen LogP contribution in [0.1, 0.15) is 19.3 Å². The molecule has 7 heteroatoms. The van der Waals surface area contributed by atoms with Gasteiger partial charge in [0.2, 0.25) is 11.8 Å². The number of anilines is 2. The number of carbonyl (C=O) groups excluding carboxylic acids is 2. The molecule has 1 atom stereocenters. The zero-order chi connectivity index (χ0) is 21.4. The Bertz CT molecular complexity index is 1030. The highest BCUT2D eigenvalue weighted by molar-refractivity contribution is 6.16. The maximum atomic E-state index is 13.3. The Hall–Kier alpha value is -3.22. The molecule has 2 aliphatic heterocycles. The number of piperazine rings is 1. The molecule has 1 saturated carbocycles. The second-order valence-electron chi connectivity index (χ2n) is 8.31. The third-order valence-electron chi connectivity index (χ3n) is 6.45. The summed E-state index contributed by atoms with van der Waals surface area (Å²) in [6, 6.07) is 14.0. The standard InChI is InChI=1S/C24H25FN4O2/c25-17-8-10-18(11-9-17)27-12-14-28(15-13-27)23(30)16-29-22-7-2-1-5-21(22)26-20-6-3-4-19(20)24(29)31/h1-2,5,7-11,19H,3-4,6,12-16H2/t19-/m1/s1. The number of halogens is 1. The van der Waals surface area contributed by atoms with Crippen LogP contribution in [0.3, 0.4) is 0 Å². The highest BCUT2D eigenvalue weighted by atomic mass is 19.1. The van der Waals surface area contributed by atoms with E-state index in [2.05, 4.69) is 4.90 Å². The summed E-state index contributed by atoms with van der Waals surface area (Å²) in [6.45, 7) is 2.54. The monoisotopic (exact) mass is 420 g/mol. The topological polar surface area (TPSA) is 56.2 Å². The largest absolute Gasteiger partial charge is 0.368 e. The predicted molar refractivity (Wildman–Crippen MR) is 118 cm³/mol. The van der Waals surface area contributed by atoms with Crippen molar-refractivity contribution < 1.29 is 14.0 Å². The van der Waals surface area contributed by atoms with Crippen molar-refractivity contribution in [1.82, 2.24) is 4.90 Å². The minimum Gasteiger partial charge on any atom is -0.368 e. The Labute approximate surface area is 181 Å². The van der Waals surface area contributed by atoms with E-state index in [0.29, 0.717) is 31.9 Å². The number of hydrogen-bond acceptors (Lipinski definition) is 4. The lowest BCUT2D eigenvalue weighted by Crippen LogP contribution is -2.52. The Morgan fingerprint density at radius 3 is 2.55 bits per heavy atom. The lowest BCUT2D eigenvalue weighted by atomic mass is 10.1. The third-order valence-corrected chi connectivity index (χ3v) is 6.45. The summed E-state index contributed by atoms with van der Waals surface area (Å²) in [7, 11) is 0. The number of para-hydroxylation sites is 2. The van der Waals surface area contributed by atoms with Gasteiger partial charge in [0.15, 0.2) is 0 Å². The maximum Gasteiger partial charge on any atom is 0.242 e. The number of fused-ring (bicyclic) bond motifs is 2. The molecule has 2 aromatic carbocycles. The van der Waals surface area contributed by atoms with Crippen molar-refractivity contribution in [3.8, 4) is 0 Å². The van der Waals surface area contributed by atoms with E-state index in [4.69, 9.17) is 4.99 Å². The van der Waals surface area contributed by atoms with E-state index in [1.54, 1.807) is 17.0 Å². The van der Waals surface area contributed by atoms with Crippen molar-refractivity contribution in [2.45, 2.75) is 19.3 Å². The molecule has 1 aliphatic carbocycles. The summed E-state index contributed by atoms with van der Waals surface area (Å²) in [6.07, 6.45) is 2.61. The van der Waals surface area contributed by atoms with E-state index in [1.807, 2.05) is 29.2 Å². The van der Waals surface area contributed by atoms with E-state index in [0.717, 1.165) is 36.3 Å². The minimum atomic E-state index is -0.255. The van der Waals surface area contributed by atoms with Crippen LogP contribution in [0.5, 0.6) is 0 Å². The minimum absolute atomic E-state index is 0.0144. The highest BCUT2D eigenvalue weighted by Gasteiger charge is 2.37. The number of rotatable bonds is 3. The molecule has 0 unspecified atom stereocenters.